The first-order valence-electron chi connectivity index (χ1n) is 5.63. The third kappa shape index (κ3) is 4.76. The van der Waals surface area contributed by atoms with Crippen LogP contribution in [0.3, 0.4) is 0 Å². The first kappa shape index (κ1) is 13.4. The van der Waals surface area contributed by atoms with Crippen LogP contribution in [0.1, 0.15) is 32.8 Å². The van der Waals surface area contributed by atoms with Crippen LogP contribution >= 0.6 is 0 Å². The Morgan fingerprint density at radius 3 is 2.71 bits per heavy atom. The summed E-state index contributed by atoms with van der Waals surface area (Å²) in [6.07, 6.45) is 0.973. The molecule has 0 bridgehead atoms. The minimum Gasteiger partial charge on any atom is -0.494 e. The Morgan fingerprint density at radius 1 is 1.41 bits per heavy atom. The average molecular weight is 236 g/mol. The summed E-state index contributed by atoms with van der Waals surface area (Å²) in [7, 11) is 0. The maximum atomic E-state index is 8.58. The van der Waals surface area contributed by atoms with Crippen LogP contribution in [-0.2, 0) is 0 Å². The van der Waals surface area contributed by atoms with Crippen molar-refractivity contribution in [1.29, 1.82) is 0 Å². The van der Waals surface area contributed by atoms with Crippen molar-refractivity contribution in [1.82, 2.24) is 0 Å². The van der Waals surface area contributed by atoms with E-state index in [0.717, 1.165) is 12.2 Å². The SMILES string of the molecule is CC(C)(C)CCOc1cccc(/C(N)=N/O)c1. The maximum absolute atomic E-state index is 8.58. The van der Waals surface area contributed by atoms with Crippen molar-refractivity contribution in [2.75, 3.05) is 6.61 Å². The van der Waals surface area contributed by atoms with Gasteiger partial charge in [0.1, 0.15) is 5.75 Å². The molecule has 0 aliphatic rings. The third-order valence-electron chi connectivity index (χ3n) is 2.36. The molecule has 0 saturated heterocycles. The number of amidine groups is 1. The molecule has 0 aliphatic carbocycles. The Labute approximate surface area is 102 Å². The Bertz CT molecular complexity index is 395. The summed E-state index contributed by atoms with van der Waals surface area (Å²) >= 11 is 0. The van der Waals surface area contributed by atoms with Crippen LogP contribution in [0.25, 0.3) is 0 Å². The smallest absolute Gasteiger partial charge is 0.170 e. The largest absolute Gasteiger partial charge is 0.494 e. The van der Waals surface area contributed by atoms with E-state index >= 15 is 0 Å². The molecule has 0 aromatic heterocycles. The zero-order valence-corrected chi connectivity index (χ0v) is 10.6. The highest BCUT2D eigenvalue weighted by atomic mass is 16.5. The van der Waals surface area contributed by atoms with E-state index in [2.05, 4.69) is 25.9 Å². The summed E-state index contributed by atoms with van der Waals surface area (Å²) in [5, 5.41) is 11.5. The lowest BCUT2D eigenvalue weighted by molar-refractivity contribution is 0.243. The normalized spacial score (nSPS) is 12.5. The molecule has 0 aliphatic heterocycles. The van der Waals surface area contributed by atoms with E-state index in [4.69, 9.17) is 15.7 Å². The molecule has 0 atom stereocenters. The predicted octanol–water partition coefficient (Wildman–Crippen LogP) is 2.60. The van der Waals surface area contributed by atoms with Crippen LogP contribution < -0.4 is 10.5 Å². The number of hydrogen-bond acceptors (Lipinski definition) is 3. The van der Waals surface area contributed by atoms with Gasteiger partial charge in [-0.05, 0) is 24.0 Å². The first-order valence-corrected chi connectivity index (χ1v) is 5.63. The molecule has 17 heavy (non-hydrogen) atoms. The first-order chi connectivity index (χ1) is 7.92. The highest BCUT2D eigenvalue weighted by Crippen LogP contribution is 2.20. The molecule has 1 rings (SSSR count). The van der Waals surface area contributed by atoms with E-state index in [0.29, 0.717) is 12.2 Å². The minimum atomic E-state index is 0.0891. The second-order valence-corrected chi connectivity index (χ2v) is 5.17. The number of benzene rings is 1. The molecule has 3 N–H and O–H groups in total. The summed E-state index contributed by atoms with van der Waals surface area (Å²) in [4.78, 5) is 0. The summed E-state index contributed by atoms with van der Waals surface area (Å²) < 4.78 is 5.63. The molecule has 0 spiro atoms. The molecule has 0 unspecified atom stereocenters. The molecule has 4 nitrogen and oxygen atoms in total. The summed E-state index contributed by atoms with van der Waals surface area (Å²) in [6, 6.07) is 7.21. The fourth-order valence-electron chi connectivity index (χ4n) is 1.28. The number of rotatable bonds is 4. The van der Waals surface area contributed by atoms with Crippen LogP contribution in [0.5, 0.6) is 5.75 Å². The zero-order chi connectivity index (χ0) is 12.9. The topological polar surface area (TPSA) is 67.8 Å². The summed E-state index contributed by atoms with van der Waals surface area (Å²) in [5.74, 6) is 0.824. The van der Waals surface area contributed by atoms with Gasteiger partial charge in [-0.1, -0.05) is 38.1 Å². The third-order valence-corrected chi connectivity index (χ3v) is 2.36. The fourth-order valence-corrected chi connectivity index (χ4v) is 1.28. The molecule has 0 saturated carbocycles. The Morgan fingerprint density at radius 2 is 2.12 bits per heavy atom. The van der Waals surface area contributed by atoms with Crippen molar-refractivity contribution in [3.63, 3.8) is 0 Å². The van der Waals surface area contributed by atoms with Crippen molar-refractivity contribution >= 4 is 5.84 Å². The van der Waals surface area contributed by atoms with Gasteiger partial charge in [0.15, 0.2) is 5.84 Å². The van der Waals surface area contributed by atoms with E-state index in [-0.39, 0.29) is 11.3 Å². The highest BCUT2D eigenvalue weighted by Gasteiger charge is 2.10. The van der Waals surface area contributed by atoms with Crippen molar-refractivity contribution in [3.8, 4) is 5.75 Å². The molecular weight excluding hydrogens is 216 g/mol. The molecule has 0 radical (unpaired) electrons. The predicted molar refractivity (Wildman–Crippen MR) is 68.5 cm³/mol. The lowest BCUT2D eigenvalue weighted by atomic mass is 9.93. The van der Waals surface area contributed by atoms with Gasteiger partial charge in [0.25, 0.3) is 0 Å². The van der Waals surface area contributed by atoms with Crippen LogP contribution in [0.4, 0.5) is 0 Å². The maximum Gasteiger partial charge on any atom is 0.170 e. The van der Waals surface area contributed by atoms with Gasteiger partial charge < -0.3 is 15.7 Å². The van der Waals surface area contributed by atoms with E-state index in [1.807, 2.05) is 12.1 Å². The number of ether oxygens (including phenoxy) is 1. The van der Waals surface area contributed by atoms with E-state index in [1.54, 1.807) is 12.1 Å². The number of oxime groups is 1. The van der Waals surface area contributed by atoms with Crippen LogP contribution in [-0.4, -0.2) is 17.6 Å². The van der Waals surface area contributed by atoms with Crippen LogP contribution in [0.2, 0.25) is 0 Å². The van der Waals surface area contributed by atoms with Crippen LogP contribution in [0.15, 0.2) is 29.4 Å². The van der Waals surface area contributed by atoms with Crippen LogP contribution in [0, 0.1) is 5.41 Å². The van der Waals surface area contributed by atoms with Gasteiger partial charge in [-0.25, -0.2) is 0 Å². The molecule has 4 heteroatoms. The molecular formula is C13H20N2O2. The standard InChI is InChI=1S/C13H20N2O2/c1-13(2,3)7-8-17-11-6-4-5-10(9-11)12(14)15-16/h4-6,9,16H,7-8H2,1-3H3,(H2,14,15). The van der Waals surface area contributed by atoms with Gasteiger partial charge >= 0.3 is 0 Å². The van der Waals surface area contributed by atoms with Crippen molar-refractivity contribution in [2.45, 2.75) is 27.2 Å². The van der Waals surface area contributed by atoms with E-state index in [9.17, 15) is 0 Å². The van der Waals surface area contributed by atoms with Crippen molar-refractivity contribution < 1.29 is 9.94 Å². The average Bonchev–Trinajstić information content (AvgIpc) is 2.27. The van der Waals surface area contributed by atoms with Gasteiger partial charge in [-0.15, -0.1) is 0 Å². The Balaban J connectivity index is 2.61. The minimum absolute atomic E-state index is 0.0891. The lowest BCUT2D eigenvalue weighted by Gasteiger charge is -2.18. The lowest BCUT2D eigenvalue weighted by Crippen LogP contribution is -2.14. The molecule has 1 aromatic carbocycles. The zero-order valence-electron chi connectivity index (χ0n) is 10.6. The Hall–Kier alpha value is -1.71. The number of nitrogens with two attached hydrogens (primary N) is 1. The van der Waals surface area contributed by atoms with E-state index < -0.39 is 0 Å². The monoisotopic (exact) mass is 236 g/mol. The molecule has 94 valence electrons. The van der Waals surface area contributed by atoms with Gasteiger partial charge in [-0.3, -0.25) is 0 Å². The molecule has 0 heterocycles. The summed E-state index contributed by atoms with van der Waals surface area (Å²) in [6.45, 7) is 7.17. The van der Waals surface area contributed by atoms with Gasteiger partial charge in [0, 0.05) is 5.56 Å². The quantitative estimate of drug-likeness (QED) is 0.365. The fraction of sp³-hybridized carbons (Fsp3) is 0.462. The second kappa shape index (κ2) is 5.57. The number of hydrogen-bond donors (Lipinski definition) is 2. The molecule has 0 fully saturated rings. The number of nitrogens with zero attached hydrogens (tertiary/aromatic N) is 1. The van der Waals surface area contributed by atoms with Gasteiger partial charge in [0.2, 0.25) is 0 Å². The van der Waals surface area contributed by atoms with Crippen molar-refractivity contribution in [3.05, 3.63) is 29.8 Å². The summed E-state index contributed by atoms with van der Waals surface area (Å²) in [5.41, 5.74) is 6.41. The Kier molecular flexibility index (Phi) is 4.37. The van der Waals surface area contributed by atoms with E-state index in [1.165, 1.54) is 0 Å². The van der Waals surface area contributed by atoms with Gasteiger partial charge in [0.05, 0.1) is 6.61 Å². The second-order valence-electron chi connectivity index (χ2n) is 5.17. The van der Waals surface area contributed by atoms with Crippen molar-refractivity contribution in [2.24, 2.45) is 16.3 Å². The van der Waals surface area contributed by atoms with Gasteiger partial charge in [-0.2, -0.15) is 0 Å². The molecule has 0 amide bonds. The molecule has 1 aromatic rings. The highest BCUT2D eigenvalue weighted by molar-refractivity contribution is 5.97.